The highest BCUT2D eigenvalue weighted by molar-refractivity contribution is 6.14. The Labute approximate surface area is 132 Å². The minimum absolute atomic E-state index is 0.137. The fourth-order valence-corrected chi connectivity index (χ4v) is 1.79. The molecule has 0 atom stereocenters. The van der Waals surface area contributed by atoms with Crippen molar-refractivity contribution < 1.29 is 33.3 Å². The van der Waals surface area contributed by atoms with Crippen molar-refractivity contribution in [1.82, 2.24) is 0 Å². The van der Waals surface area contributed by atoms with Crippen LogP contribution in [0.4, 0.5) is 0 Å². The molecule has 0 amide bonds. The first-order valence-electron chi connectivity index (χ1n) is 6.93. The molecule has 1 aliphatic heterocycles. The van der Waals surface area contributed by atoms with Crippen LogP contribution in [-0.2, 0) is 19.0 Å². The topological polar surface area (TPSA) is 88.1 Å². The Morgan fingerprint density at radius 2 is 1.78 bits per heavy atom. The van der Waals surface area contributed by atoms with Crippen LogP contribution in [0, 0.1) is 0 Å². The highest BCUT2D eigenvalue weighted by atomic mass is 16.6. The Balaban J connectivity index is 1.67. The number of benzene rings is 1. The number of carbonyl (C=O) groups is 3. The molecule has 0 fully saturated rings. The van der Waals surface area contributed by atoms with Gasteiger partial charge in [0.25, 0.3) is 0 Å². The maximum Gasteiger partial charge on any atom is 0.347 e. The van der Waals surface area contributed by atoms with Crippen molar-refractivity contribution in [2.45, 2.75) is 6.92 Å². The molecule has 1 heterocycles. The average molecular weight is 320 g/mol. The first-order chi connectivity index (χ1) is 11.0. The summed E-state index contributed by atoms with van der Waals surface area (Å²) in [6.07, 6.45) is 0. The molecular formula is C16H16O7. The standard InChI is InChI=1S/C16H16O7/c1-10(2)14(17)22-8-6-20-5-7-21-11-3-4-12-13(9-11)16(19)23-15(12)18/h3-4,9H,1,5-8H2,2H3. The van der Waals surface area contributed by atoms with E-state index in [1.54, 1.807) is 13.0 Å². The first kappa shape index (κ1) is 16.7. The largest absolute Gasteiger partial charge is 0.491 e. The molecule has 1 aromatic carbocycles. The van der Waals surface area contributed by atoms with Gasteiger partial charge in [-0.25, -0.2) is 14.4 Å². The molecule has 0 aliphatic carbocycles. The molecule has 1 aliphatic rings. The van der Waals surface area contributed by atoms with Crippen LogP contribution in [0.3, 0.4) is 0 Å². The van der Waals surface area contributed by atoms with Gasteiger partial charge < -0.3 is 18.9 Å². The van der Waals surface area contributed by atoms with Crippen molar-refractivity contribution in [1.29, 1.82) is 0 Å². The molecule has 0 spiro atoms. The summed E-state index contributed by atoms with van der Waals surface area (Å²) in [7, 11) is 0. The number of hydrogen-bond acceptors (Lipinski definition) is 7. The number of rotatable bonds is 8. The van der Waals surface area contributed by atoms with E-state index >= 15 is 0 Å². The number of hydrogen-bond donors (Lipinski definition) is 0. The van der Waals surface area contributed by atoms with E-state index in [-0.39, 0.29) is 37.6 Å². The van der Waals surface area contributed by atoms with Gasteiger partial charge in [0.05, 0.1) is 24.3 Å². The lowest BCUT2D eigenvalue weighted by atomic mass is 10.1. The fourth-order valence-electron chi connectivity index (χ4n) is 1.79. The molecule has 122 valence electrons. The van der Waals surface area contributed by atoms with Crippen LogP contribution in [0.15, 0.2) is 30.4 Å². The van der Waals surface area contributed by atoms with Gasteiger partial charge in [0, 0.05) is 5.57 Å². The molecule has 2 rings (SSSR count). The van der Waals surface area contributed by atoms with Crippen molar-refractivity contribution in [2.75, 3.05) is 26.4 Å². The summed E-state index contributed by atoms with van der Waals surface area (Å²) in [5, 5.41) is 0. The van der Waals surface area contributed by atoms with Gasteiger partial charge in [0.1, 0.15) is 19.0 Å². The summed E-state index contributed by atoms with van der Waals surface area (Å²) in [6.45, 7) is 5.94. The Hall–Kier alpha value is -2.67. The Kier molecular flexibility index (Phi) is 5.48. The van der Waals surface area contributed by atoms with Crippen molar-refractivity contribution in [3.05, 3.63) is 41.5 Å². The maximum absolute atomic E-state index is 11.4. The van der Waals surface area contributed by atoms with Crippen LogP contribution in [-0.4, -0.2) is 44.3 Å². The molecule has 23 heavy (non-hydrogen) atoms. The summed E-state index contributed by atoms with van der Waals surface area (Å²) < 4.78 is 20.0. The van der Waals surface area contributed by atoms with E-state index in [0.717, 1.165) is 0 Å². The predicted molar refractivity (Wildman–Crippen MR) is 78.3 cm³/mol. The monoisotopic (exact) mass is 320 g/mol. The van der Waals surface area contributed by atoms with Crippen LogP contribution < -0.4 is 4.74 Å². The molecule has 0 bridgehead atoms. The second-order valence-electron chi connectivity index (χ2n) is 4.76. The third-order valence-electron chi connectivity index (χ3n) is 2.92. The van der Waals surface area contributed by atoms with Gasteiger partial charge in [-0.3, -0.25) is 0 Å². The van der Waals surface area contributed by atoms with Gasteiger partial charge in [0.2, 0.25) is 0 Å². The van der Waals surface area contributed by atoms with Crippen LogP contribution in [0.2, 0.25) is 0 Å². The molecular weight excluding hydrogens is 304 g/mol. The molecule has 1 aromatic rings. The lowest BCUT2D eigenvalue weighted by Gasteiger charge is -2.08. The Bertz CT molecular complexity index is 648. The van der Waals surface area contributed by atoms with Gasteiger partial charge in [-0.2, -0.15) is 0 Å². The highest BCUT2D eigenvalue weighted by Crippen LogP contribution is 2.24. The molecule has 0 radical (unpaired) electrons. The van der Waals surface area contributed by atoms with E-state index in [1.807, 2.05) is 0 Å². The van der Waals surface area contributed by atoms with Crippen LogP contribution in [0.5, 0.6) is 5.75 Å². The Morgan fingerprint density at radius 1 is 1.09 bits per heavy atom. The normalized spacial score (nSPS) is 12.6. The smallest absolute Gasteiger partial charge is 0.347 e. The van der Waals surface area contributed by atoms with Gasteiger partial charge in [-0.05, 0) is 25.1 Å². The van der Waals surface area contributed by atoms with Crippen LogP contribution in [0.25, 0.3) is 0 Å². The average Bonchev–Trinajstić information content (AvgIpc) is 2.80. The first-order valence-corrected chi connectivity index (χ1v) is 6.93. The lowest BCUT2D eigenvalue weighted by molar-refractivity contribution is -0.140. The summed E-state index contributed by atoms with van der Waals surface area (Å²) in [5.74, 6) is -1.34. The van der Waals surface area contributed by atoms with E-state index in [4.69, 9.17) is 14.2 Å². The van der Waals surface area contributed by atoms with E-state index in [2.05, 4.69) is 11.3 Å². The number of ether oxygens (including phenoxy) is 4. The SMILES string of the molecule is C=C(C)C(=O)OCCOCCOc1ccc2c(c1)C(=O)OC2=O. The van der Waals surface area contributed by atoms with Crippen molar-refractivity contribution >= 4 is 17.9 Å². The second kappa shape index (κ2) is 7.55. The van der Waals surface area contributed by atoms with Gasteiger partial charge >= 0.3 is 17.9 Å². The number of esters is 3. The minimum atomic E-state index is -0.675. The number of cyclic esters (lactones) is 2. The predicted octanol–water partition coefficient (Wildman–Crippen LogP) is 1.51. The quantitative estimate of drug-likeness (QED) is 0.310. The summed E-state index contributed by atoms with van der Waals surface area (Å²) in [5.41, 5.74) is 0.764. The van der Waals surface area contributed by atoms with Gasteiger partial charge in [-0.15, -0.1) is 0 Å². The zero-order valence-corrected chi connectivity index (χ0v) is 12.6. The lowest BCUT2D eigenvalue weighted by Crippen LogP contribution is -2.14. The fraction of sp³-hybridized carbons (Fsp3) is 0.312. The second-order valence-corrected chi connectivity index (χ2v) is 4.76. The summed E-state index contributed by atoms with van der Waals surface area (Å²) >= 11 is 0. The van der Waals surface area contributed by atoms with Crippen LogP contribution in [0.1, 0.15) is 27.6 Å². The minimum Gasteiger partial charge on any atom is -0.491 e. The summed E-state index contributed by atoms with van der Waals surface area (Å²) in [4.78, 5) is 33.8. The third kappa shape index (κ3) is 4.40. The zero-order valence-electron chi connectivity index (χ0n) is 12.6. The molecule has 0 N–H and O–H groups in total. The number of carbonyl (C=O) groups excluding carboxylic acids is 3. The van der Waals surface area contributed by atoms with E-state index in [1.165, 1.54) is 12.1 Å². The van der Waals surface area contributed by atoms with Gasteiger partial charge in [-0.1, -0.05) is 6.58 Å². The molecule has 7 heteroatoms. The highest BCUT2D eigenvalue weighted by Gasteiger charge is 2.29. The third-order valence-corrected chi connectivity index (χ3v) is 2.92. The van der Waals surface area contributed by atoms with E-state index in [0.29, 0.717) is 11.3 Å². The Morgan fingerprint density at radius 3 is 2.52 bits per heavy atom. The molecule has 7 nitrogen and oxygen atoms in total. The molecule has 0 saturated heterocycles. The van der Waals surface area contributed by atoms with E-state index in [9.17, 15) is 14.4 Å². The van der Waals surface area contributed by atoms with E-state index < -0.39 is 17.9 Å². The molecule has 0 saturated carbocycles. The zero-order chi connectivity index (χ0) is 16.8. The molecule has 0 aromatic heterocycles. The number of fused-ring (bicyclic) bond motifs is 1. The van der Waals surface area contributed by atoms with Gasteiger partial charge in [0.15, 0.2) is 0 Å². The molecule has 0 unspecified atom stereocenters. The summed E-state index contributed by atoms with van der Waals surface area (Å²) in [6, 6.07) is 4.51. The van der Waals surface area contributed by atoms with Crippen molar-refractivity contribution in [3.63, 3.8) is 0 Å². The maximum atomic E-state index is 11.4. The van der Waals surface area contributed by atoms with Crippen LogP contribution >= 0.6 is 0 Å². The van der Waals surface area contributed by atoms with Crippen molar-refractivity contribution in [3.8, 4) is 5.75 Å². The van der Waals surface area contributed by atoms with Crippen molar-refractivity contribution in [2.24, 2.45) is 0 Å².